The summed E-state index contributed by atoms with van der Waals surface area (Å²) in [6.07, 6.45) is 0.770. The molecule has 1 atom stereocenters. The van der Waals surface area contributed by atoms with Crippen LogP contribution in [0.4, 0.5) is 0 Å². The number of carbonyl (C=O) groups is 1. The SMILES string of the molecule is O=C(NC1COc2ccccc2C1)c1ccccc1Cl. The van der Waals surface area contributed by atoms with Gasteiger partial charge in [0.15, 0.2) is 0 Å². The van der Waals surface area contributed by atoms with E-state index in [0.717, 1.165) is 17.7 Å². The van der Waals surface area contributed by atoms with Gasteiger partial charge in [-0.2, -0.15) is 0 Å². The molecular weight excluding hydrogens is 274 g/mol. The zero-order chi connectivity index (χ0) is 13.9. The number of carbonyl (C=O) groups excluding carboxylic acids is 1. The van der Waals surface area contributed by atoms with Gasteiger partial charge in [-0.1, -0.05) is 41.9 Å². The van der Waals surface area contributed by atoms with Crippen LogP contribution < -0.4 is 10.1 Å². The minimum Gasteiger partial charge on any atom is -0.491 e. The average Bonchev–Trinajstić information content (AvgIpc) is 2.47. The standard InChI is InChI=1S/C16H14ClNO2/c17-14-7-3-2-6-13(14)16(19)18-12-9-11-5-1-4-8-15(11)20-10-12/h1-8,12H,9-10H2,(H,18,19). The number of rotatable bonds is 2. The highest BCUT2D eigenvalue weighted by molar-refractivity contribution is 6.33. The lowest BCUT2D eigenvalue weighted by atomic mass is 10.0. The molecule has 3 rings (SSSR count). The minimum absolute atomic E-state index is 0.0336. The number of ether oxygens (including phenoxy) is 1. The van der Waals surface area contributed by atoms with Crippen molar-refractivity contribution < 1.29 is 9.53 Å². The van der Waals surface area contributed by atoms with Crippen LogP contribution in [0.1, 0.15) is 15.9 Å². The fourth-order valence-corrected chi connectivity index (χ4v) is 2.55. The lowest BCUT2D eigenvalue weighted by Crippen LogP contribution is -2.42. The van der Waals surface area contributed by atoms with Crippen molar-refractivity contribution in [1.29, 1.82) is 0 Å². The van der Waals surface area contributed by atoms with Crippen molar-refractivity contribution in [2.24, 2.45) is 0 Å². The predicted molar refractivity (Wildman–Crippen MR) is 78.3 cm³/mol. The first kappa shape index (κ1) is 13.0. The lowest BCUT2D eigenvalue weighted by Gasteiger charge is -2.26. The first-order valence-corrected chi connectivity index (χ1v) is 6.88. The van der Waals surface area contributed by atoms with Crippen LogP contribution >= 0.6 is 11.6 Å². The molecule has 1 amide bonds. The molecule has 102 valence electrons. The molecule has 0 fully saturated rings. The van der Waals surface area contributed by atoms with Crippen LogP contribution in [0.2, 0.25) is 5.02 Å². The summed E-state index contributed by atoms with van der Waals surface area (Å²) < 4.78 is 5.66. The van der Waals surface area contributed by atoms with Crippen LogP contribution in [0.5, 0.6) is 5.75 Å². The van der Waals surface area contributed by atoms with Gasteiger partial charge in [0.1, 0.15) is 12.4 Å². The molecule has 0 spiro atoms. The van der Waals surface area contributed by atoms with Crippen LogP contribution in [0.3, 0.4) is 0 Å². The number of para-hydroxylation sites is 1. The first-order chi connectivity index (χ1) is 9.74. The van der Waals surface area contributed by atoms with Crippen molar-refractivity contribution in [1.82, 2.24) is 5.32 Å². The number of benzene rings is 2. The Morgan fingerprint density at radius 3 is 2.75 bits per heavy atom. The highest BCUT2D eigenvalue weighted by atomic mass is 35.5. The molecule has 2 aromatic carbocycles. The molecule has 0 aromatic heterocycles. The van der Waals surface area contributed by atoms with Crippen LogP contribution in [-0.2, 0) is 6.42 Å². The zero-order valence-electron chi connectivity index (χ0n) is 10.8. The summed E-state index contributed by atoms with van der Waals surface area (Å²) in [5.74, 6) is 0.735. The van der Waals surface area contributed by atoms with E-state index in [1.807, 2.05) is 24.3 Å². The van der Waals surface area contributed by atoms with Gasteiger partial charge in [-0.25, -0.2) is 0 Å². The maximum atomic E-state index is 12.2. The van der Waals surface area contributed by atoms with E-state index in [9.17, 15) is 4.79 Å². The largest absolute Gasteiger partial charge is 0.491 e. The number of fused-ring (bicyclic) bond motifs is 1. The van der Waals surface area contributed by atoms with E-state index in [4.69, 9.17) is 16.3 Å². The molecule has 1 aliphatic rings. The van der Waals surface area contributed by atoms with Crippen molar-refractivity contribution in [3.63, 3.8) is 0 Å². The van der Waals surface area contributed by atoms with Gasteiger partial charge in [-0.15, -0.1) is 0 Å². The van der Waals surface area contributed by atoms with Gasteiger partial charge in [0, 0.05) is 0 Å². The van der Waals surface area contributed by atoms with E-state index in [0.29, 0.717) is 17.2 Å². The van der Waals surface area contributed by atoms with Gasteiger partial charge >= 0.3 is 0 Å². The topological polar surface area (TPSA) is 38.3 Å². The van der Waals surface area contributed by atoms with Gasteiger partial charge in [0.25, 0.3) is 5.91 Å². The molecule has 4 heteroatoms. The molecule has 0 saturated heterocycles. The fraction of sp³-hybridized carbons (Fsp3) is 0.188. The molecule has 0 bridgehead atoms. The third kappa shape index (κ3) is 2.63. The number of nitrogens with one attached hydrogen (secondary N) is 1. The maximum absolute atomic E-state index is 12.2. The molecule has 0 radical (unpaired) electrons. The Bertz CT molecular complexity index is 642. The van der Waals surface area contributed by atoms with Crippen molar-refractivity contribution in [2.75, 3.05) is 6.61 Å². The fourth-order valence-electron chi connectivity index (χ4n) is 2.33. The summed E-state index contributed by atoms with van der Waals surface area (Å²) in [5.41, 5.74) is 1.61. The first-order valence-electron chi connectivity index (χ1n) is 6.50. The monoisotopic (exact) mass is 287 g/mol. The molecule has 1 unspecified atom stereocenters. The Morgan fingerprint density at radius 1 is 1.15 bits per heavy atom. The summed E-state index contributed by atoms with van der Waals surface area (Å²) in [6, 6.07) is 14.9. The molecule has 1 N–H and O–H groups in total. The van der Waals surface area contributed by atoms with Gasteiger partial charge in [-0.3, -0.25) is 4.79 Å². The Kier molecular flexibility index (Phi) is 3.61. The normalized spacial score (nSPS) is 16.9. The Labute approximate surface area is 122 Å². The Morgan fingerprint density at radius 2 is 1.90 bits per heavy atom. The zero-order valence-corrected chi connectivity index (χ0v) is 11.6. The summed E-state index contributed by atoms with van der Waals surface area (Å²) in [4.78, 5) is 12.2. The lowest BCUT2D eigenvalue weighted by molar-refractivity contribution is 0.0915. The van der Waals surface area contributed by atoms with E-state index < -0.39 is 0 Å². The van der Waals surface area contributed by atoms with Crippen molar-refractivity contribution in [3.05, 3.63) is 64.7 Å². The molecule has 3 nitrogen and oxygen atoms in total. The van der Waals surface area contributed by atoms with Crippen molar-refractivity contribution in [3.8, 4) is 5.75 Å². The summed E-state index contributed by atoms with van der Waals surface area (Å²) in [6.45, 7) is 0.479. The average molecular weight is 288 g/mol. The predicted octanol–water partition coefficient (Wildman–Crippen LogP) is 3.07. The third-order valence-electron chi connectivity index (χ3n) is 3.33. The van der Waals surface area contributed by atoms with E-state index in [1.54, 1.807) is 24.3 Å². The smallest absolute Gasteiger partial charge is 0.253 e. The van der Waals surface area contributed by atoms with Crippen LogP contribution in [0.25, 0.3) is 0 Å². The van der Waals surface area contributed by atoms with Crippen LogP contribution in [0.15, 0.2) is 48.5 Å². The highest BCUT2D eigenvalue weighted by Crippen LogP contribution is 2.24. The summed E-state index contributed by atoms with van der Waals surface area (Å²) in [7, 11) is 0. The van der Waals surface area contributed by atoms with Crippen LogP contribution in [0, 0.1) is 0 Å². The van der Waals surface area contributed by atoms with E-state index in [2.05, 4.69) is 5.32 Å². The van der Waals surface area contributed by atoms with Gasteiger partial charge in [0.05, 0.1) is 16.6 Å². The summed E-state index contributed by atoms with van der Waals surface area (Å²) in [5, 5.41) is 3.43. The molecule has 2 aromatic rings. The maximum Gasteiger partial charge on any atom is 0.253 e. The quantitative estimate of drug-likeness (QED) is 0.922. The van der Waals surface area contributed by atoms with Crippen molar-refractivity contribution >= 4 is 17.5 Å². The Hall–Kier alpha value is -2.00. The molecule has 20 heavy (non-hydrogen) atoms. The van der Waals surface area contributed by atoms with Gasteiger partial charge in [0.2, 0.25) is 0 Å². The van der Waals surface area contributed by atoms with E-state index >= 15 is 0 Å². The second-order valence-electron chi connectivity index (χ2n) is 4.77. The molecule has 0 aliphatic carbocycles. The second-order valence-corrected chi connectivity index (χ2v) is 5.18. The van der Waals surface area contributed by atoms with Crippen molar-refractivity contribution in [2.45, 2.75) is 12.5 Å². The second kappa shape index (κ2) is 5.55. The van der Waals surface area contributed by atoms with Crippen LogP contribution in [-0.4, -0.2) is 18.6 Å². The van der Waals surface area contributed by atoms with Gasteiger partial charge in [-0.05, 0) is 30.2 Å². The van der Waals surface area contributed by atoms with E-state index in [1.165, 1.54) is 0 Å². The van der Waals surface area contributed by atoms with E-state index in [-0.39, 0.29) is 11.9 Å². The highest BCUT2D eigenvalue weighted by Gasteiger charge is 2.22. The van der Waals surface area contributed by atoms with Gasteiger partial charge < -0.3 is 10.1 Å². The third-order valence-corrected chi connectivity index (χ3v) is 3.66. The minimum atomic E-state index is -0.163. The molecular formula is C16H14ClNO2. The summed E-state index contributed by atoms with van der Waals surface area (Å²) >= 11 is 6.03. The molecule has 1 aliphatic heterocycles. The Balaban J connectivity index is 1.71. The number of hydrogen-bond acceptors (Lipinski definition) is 2. The number of hydrogen-bond donors (Lipinski definition) is 1. The molecule has 0 saturated carbocycles. The number of halogens is 1. The number of amides is 1. The molecule has 1 heterocycles.